The van der Waals surface area contributed by atoms with E-state index in [1.54, 1.807) is 12.3 Å². The highest BCUT2D eigenvalue weighted by atomic mass is 19.4. The molecule has 1 saturated carbocycles. The molecule has 1 fully saturated rings. The van der Waals surface area contributed by atoms with Crippen LogP contribution in [0.15, 0.2) is 48.7 Å². The quantitative estimate of drug-likeness (QED) is 0.437. The third-order valence-electron chi connectivity index (χ3n) is 6.59. The molecule has 1 aliphatic carbocycles. The van der Waals surface area contributed by atoms with Gasteiger partial charge in [0, 0.05) is 35.5 Å². The molecule has 1 amide bonds. The van der Waals surface area contributed by atoms with Gasteiger partial charge in [0.15, 0.2) is 0 Å². The van der Waals surface area contributed by atoms with E-state index in [9.17, 15) is 18.0 Å². The molecule has 170 valence electrons. The second kappa shape index (κ2) is 9.39. The summed E-state index contributed by atoms with van der Waals surface area (Å²) in [7, 11) is 0. The molecule has 0 aliphatic heterocycles. The molecule has 3 aromatic rings. The smallest absolute Gasteiger partial charge is 0.361 e. The molecule has 2 N–H and O–H groups in total. The number of nitrogens with one attached hydrogen (secondary N) is 2. The van der Waals surface area contributed by atoms with Crippen LogP contribution in [0, 0.1) is 0 Å². The number of aromatic nitrogens is 1. The number of halogens is 3. The van der Waals surface area contributed by atoms with E-state index in [2.05, 4.69) is 10.3 Å². The Morgan fingerprint density at radius 2 is 1.81 bits per heavy atom. The monoisotopic (exact) mass is 442 g/mol. The first-order chi connectivity index (χ1) is 15.4. The molecule has 1 heterocycles. The minimum Gasteiger partial charge on any atom is -0.361 e. The van der Waals surface area contributed by atoms with Crippen molar-refractivity contribution in [2.45, 2.75) is 70.0 Å². The fourth-order valence-electron chi connectivity index (χ4n) is 4.99. The summed E-state index contributed by atoms with van der Waals surface area (Å²) in [6, 6.07) is 11.6. The van der Waals surface area contributed by atoms with Crippen LogP contribution in [-0.4, -0.2) is 16.9 Å². The standard InChI is InChI=1S/C26H29F3N2O/c1-2-17-9-8-13-20-22(16-30-25(17)20)21(15-24(32)31-18-10-4-3-5-11-18)19-12-6-7-14-23(19)26(27,28)29/h6-9,12-14,16,18,21,30H,2-5,10-11,15H2,1H3,(H,31,32). The van der Waals surface area contributed by atoms with Crippen molar-refractivity contribution in [3.05, 3.63) is 70.9 Å². The summed E-state index contributed by atoms with van der Waals surface area (Å²) in [5.41, 5.74) is 2.21. The molecule has 0 saturated heterocycles. The molecular weight excluding hydrogens is 413 g/mol. The number of rotatable bonds is 6. The molecule has 32 heavy (non-hydrogen) atoms. The van der Waals surface area contributed by atoms with Gasteiger partial charge in [-0.25, -0.2) is 0 Å². The number of alkyl halides is 3. The summed E-state index contributed by atoms with van der Waals surface area (Å²) < 4.78 is 41.7. The van der Waals surface area contributed by atoms with Crippen molar-refractivity contribution in [2.24, 2.45) is 0 Å². The minimum absolute atomic E-state index is 0.0209. The first kappa shape index (κ1) is 22.4. The van der Waals surface area contributed by atoms with Crippen LogP contribution in [0.5, 0.6) is 0 Å². The van der Waals surface area contributed by atoms with Gasteiger partial charge in [-0.05, 0) is 42.0 Å². The molecule has 3 nitrogen and oxygen atoms in total. The van der Waals surface area contributed by atoms with E-state index in [4.69, 9.17) is 0 Å². The molecule has 0 spiro atoms. The predicted octanol–water partition coefficient (Wildman–Crippen LogP) is 6.72. The van der Waals surface area contributed by atoms with Crippen molar-refractivity contribution in [1.29, 1.82) is 0 Å². The Kier molecular flexibility index (Phi) is 6.58. The second-order valence-corrected chi connectivity index (χ2v) is 8.68. The van der Waals surface area contributed by atoms with Gasteiger partial charge in [0.2, 0.25) is 5.91 Å². The lowest BCUT2D eigenvalue weighted by Crippen LogP contribution is -2.37. The van der Waals surface area contributed by atoms with E-state index < -0.39 is 17.7 Å². The Hall–Kier alpha value is -2.76. The zero-order valence-corrected chi connectivity index (χ0v) is 18.3. The van der Waals surface area contributed by atoms with Crippen molar-refractivity contribution < 1.29 is 18.0 Å². The van der Waals surface area contributed by atoms with Gasteiger partial charge in [-0.3, -0.25) is 4.79 Å². The van der Waals surface area contributed by atoms with Gasteiger partial charge in [0.05, 0.1) is 5.56 Å². The van der Waals surface area contributed by atoms with Crippen molar-refractivity contribution in [3.63, 3.8) is 0 Å². The third kappa shape index (κ3) is 4.69. The van der Waals surface area contributed by atoms with Crippen LogP contribution < -0.4 is 5.32 Å². The van der Waals surface area contributed by atoms with Crippen LogP contribution in [0.1, 0.15) is 73.6 Å². The molecule has 6 heteroatoms. The second-order valence-electron chi connectivity index (χ2n) is 8.68. The maximum atomic E-state index is 13.9. The average molecular weight is 443 g/mol. The first-order valence-corrected chi connectivity index (χ1v) is 11.4. The summed E-state index contributed by atoms with van der Waals surface area (Å²) in [5, 5.41) is 3.95. The van der Waals surface area contributed by atoms with Gasteiger partial charge >= 0.3 is 6.18 Å². The summed E-state index contributed by atoms with van der Waals surface area (Å²) in [5.74, 6) is -0.892. The van der Waals surface area contributed by atoms with Gasteiger partial charge < -0.3 is 10.3 Å². The Morgan fingerprint density at radius 3 is 2.53 bits per heavy atom. The van der Waals surface area contributed by atoms with Crippen molar-refractivity contribution in [3.8, 4) is 0 Å². The number of benzene rings is 2. The van der Waals surface area contributed by atoms with Crippen LogP contribution in [0.2, 0.25) is 0 Å². The number of carbonyl (C=O) groups excluding carboxylic acids is 1. The van der Waals surface area contributed by atoms with Crippen molar-refractivity contribution >= 4 is 16.8 Å². The molecule has 1 atom stereocenters. The number of hydrogen-bond acceptors (Lipinski definition) is 1. The van der Waals surface area contributed by atoms with E-state index >= 15 is 0 Å². The zero-order chi connectivity index (χ0) is 22.7. The van der Waals surface area contributed by atoms with Crippen molar-refractivity contribution in [1.82, 2.24) is 10.3 Å². The Balaban J connectivity index is 1.75. The van der Waals surface area contributed by atoms with Crippen LogP contribution >= 0.6 is 0 Å². The maximum Gasteiger partial charge on any atom is 0.416 e. The number of carbonyl (C=O) groups is 1. The van der Waals surface area contributed by atoms with E-state index in [1.165, 1.54) is 18.6 Å². The fourth-order valence-corrected chi connectivity index (χ4v) is 4.99. The molecule has 1 aliphatic rings. The number of fused-ring (bicyclic) bond motifs is 1. The average Bonchev–Trinajstić information content (AvgIpc) is 3.21. The summed E-state index contributed by atoms with van der Waals surface area (Å²) >= 11 is 0. The van der Waals surface area contributed by atoms with Crippen LogP contribution in [0.3, 0.4) is 0 Å². The van der Waals surface area contributed by atoms with E-state index in [1.807, 2.05) is 25.1 Å². The first-order valence-electron chi connectivity index (χ1n) is 11.4. The molecule has 1 aromatic heterocycles. The number of aryl methyl sites for hydroxylation is 1. The van der Waals surface area contributed by atoms with Gasteiger partial charge in [-0.15, -0.1) is 0 Å². The van der Waals surface area contributed by atoms with Gasteiger partial charge in [-0.2, -0.15) is 13.2 Å². The minimum atomic E-state index is -4.49. The highest BCUT2D eigenvalue weighted by molar-refractivity contribution is 5.88. The Labute approximate surface area is 186 Å². The lowest BCUT2D eigenvalue weighted by Gasteiger charge is -2.25. The lowest BCUT2D eigenvalue weighted by atomic mass is 9.84. The molecule has 2 aromatic carbocycles. The van der Waals surface area contributed by atoms with Crippen molar-refractivity contribution in [2.75, 3.05) is 0 Å². The molecule has 4 rings (SSSR count). The lowest BCUT2D eigenvalue weighted by molar-refractivity contribution is -0.138. The van der Waals surface area contributed by atoms with E-state index in [0.29, 0.717) is 0 Å². The summed E-state index contributed by atoms with van der Waals surface area (Å²) in [6.45, 7) is 2.04. The fraction of sp³-hybridized carbons (Fsp3) is 0.423. The van der Waals surface area contributed by atoms with Crippen LogP contribution in [0.4, 0.5) is 13.2 Å². The molecule has 0 radical (unpaired) electrons. The molecule has 1 unspecified atom stereocenters. The SMILES string of the molecule is CCc1cccc2c(C(CC(=O)NC3CCCCC3)c3ccccc3C(F)(F)F)c[nH]c12. The van der Waals surface area contributed by atoms with E-state index in [0.717, 1.165) is 60.2 Å². The Bertz CT molecular complexity index is 1080. The number of amides is 1. The summed E-state index contributed by atoms with van der Waals surface area (Å²) in [4.78, 5) is 16.3. The van der Waals surface area contributed by atoms with Crippen LogP contribution in [0.25, 0.3) is 10.9 Å². The van der Waals surface area contributed by atoms with Crippen LogP contribution in [-0.2, 0) is 17.4 Å². The molecular formula is C26H29F3N2O. The number of hydrogen-bond donors (Lipinski definition) is 2. The number of H-pyrrole nitrogens is 1. The highest BCUT2D eigenvalue weighted by Gasteiger charge is 2.36. The van der Waals surface area contributed by atoms with E-state index in [-0.39, 0.29) is 23.9 Å². The van der Waals surface area contributed by atoms with Gasteiger partial charge in [-0.1, -0.05) is 62.6 Å². The topological polar surface area (TPSA) is 44.9 Å². The predicted molar refractivity (Wildman–Crippen MR) is 121 cm³/mol. The van der Waals surface area contributed by atoms with Gasteiger partial charge in [0.25, 0.3) is 0 Å². The largest absolute Gasteiger partial charge is 0.416 e. The zero-order valence-electron chi connectivity index (χ0n) is 18.3. The summed E-state index contributed by atoms with van der Waals surface area (Å²) in [6.07, 6.45) is 3.26. The third-order valence-corrected chi connectivity index (χ3v) is 6.59. The Morgan fingerprint density at radius 1 is 1.06 bits per heavy atom. The number of para-hydroxylation sites is 1. The number of aromatic amines is 1. The maximum absolute atomic E-state index is 13.9. The normalized spacial score (nSPS) is 16.2. The molecule has 0 bridgehead atoms. The highest BCUT2D eigenvalue weighted by Crippen LogP contribution is 2.41. The van der Waals surface area contributed by atoms with Gasteiger partial charge in [0.1, 0.15) is 0 Å².